The lowest BCUT2D eigenvalue weighted by molar-refractivity contribution is 0.0767. The van der Waals surface area contributed by atoms with Crippen molar-refractivity contribution in [3.63, 3.8) is 0 Å². The SMILES string of the molecule is CC.CC.CCCC1(CC)CNC1C. The van der Waals surface area contributed by atoms with E-state index in [1.54, 1.807) is 0 Å². The van der Waals surface area contributed by atoms with Gasteiger partial charge in [-0.15, -0.1) is 0 Å². The zero-order chi connectivity index (χ0) is 11.6. The van der Waals surface area contributed by atoms with E-state index in [1.165, 1.54) is 25.8 Å². The van der Waals surface area contributed by atoms with Gasteiger partial charge >= 0.3 is 0 Å². The molecule has 1 heteroatoms. The van der Waals surface area contributed by atoms with E-state index < -0.39 is 0 Å². The Kier molecular flexibility index (Phi) is 11.1. The molecule has 0 aliphatic carbocycles. The van der Waals surface area contributed by atoms with Crippen LogP contribution >= 0.6 is 0 Å². The third-order valence-electron chi connectivity index (χ3n) is 3.13. The molecular weight excluding hydrogens is 170 g/mol. The highest BCUT2D eigenvalue weighted by Crippen LogP contribution is 2.37. The van der Waals surface area contributed by atoms with E-state index in [2.05, 4.69) is 26.1 Å². The Morgan fingerprint density at radius 1 is 1.14 bits per heavy atom. The first kappa shape index (κ1) is 16.4. The summed E-state index contributed by atoms with van der Waals surface area (Å²) in [6.45, 7) is 16.1. The van der Waals surface area contributed by atoms with Gasteiger partial charge in [0.1, 0.15) is 0 Å². The molecule has 1 aliphatic heterocycles. The van der Waals surface area contributed by atoms with Crippen LogP contribution in [0.1, 0.15) is 67.7 Å². The minimum Gasteiger partial charge on any atom is -0.313 e. The van der Waals surface area contributed by atoms with Crippen molar-refractivity contribution in [1.29, 1.82) is 0 Å². The second-order valence-corrected chi connectivity index (χ2v) is 3.57. The average molecular weight is 201 g/mol. The van der Waals surface area contributed by atoms with E-state index in [9.17, 15) is 0 Å². The van der Waals surface area contributed by atoms with Crippen molar-refractivity contribution in [3.05, 3.63) is 0 Å². The van der Waals surface area contributed by atoms with Crippen LogP contribution in [0.15, 0.2) is 0 Å². The van der Waals surface area contributed by atoms with E-state index >= 15 is 0 Å². The fourth-order valence-electron chi connectivity index (χ4n) is 2.01. The fourth-order valence-corrected chi connectivity index (χ4v) is 2.01. The summed E-state index contributed by atoms with van der Waals surface area (Å²) in [6, 6.07) is 0.762. The Hall–Kier alpha value is -0.0400. The molecule has 1 saturated heterocycles. The van der Waals surface area contributed by atoms with Crippen LogP contribution in [-0.2, 0) is 0 Å². The summed E-state index contributed by atoms with van der Waals surface area (Å²) in [4.78, 5) is 0. The van der Waals surface area contributed by atoms with E-state index in [4.69, 9.17) is 0 Å². The molecule has 0 radical (unpaired) electrons. The first-order valence-electron chi connectivity index (χ1n) is 6.48. The summed E-state index contributed by atoms with van der Waals surface area (Å²) in [6.07, 6.45) is 4.08. The Bertz CT molecular complexity index is 108. The maximum Gasteiger partial charge on any atom is 0.0107 e. The van der Waals surface area contributed by atoms with Crippen LogP contribution in [0.2, 0.25) is 0 Å². The van der Waals surface area contributed by atoms with Gasteiger partial charge in [0.15, 0.2) is 0 Å². The summed E-state index contributed by atoms with van der Waals surface area (Å²) < 4.78 is 0. The van der Waals surface area contributed by atoms with E-state index in [0.29, 0.717) is 5.41 Å². The quantitative estimate of drug-likeness (QED) is 0.720. The Morgan fingerprint density at radius 3 is 1.71 bits per heavy atom. The van der Waals surface area contributed by atoms with Gasteiger partial charge in [0.2, 0.25) is 0 Å². The van der Waals surface area contributed by atoms with Crippen molar-refractivity contribution < 1.29 is 0 Å². The van der Waals surface area contributed by atoms with Gasteiger partial charge in [0, 0.05) is 12.6 Å². The highest BCUT2D eigenvalue weighted by atomic mass is 15.0. The molecule has 2 atom stereocenters. The molecule has 88 valence electrons. The Balaban J connectivity index is 0. The lowest BCUT2D eigenvalue weighted by atomic mass is 9.69. The highest BCUT2D eigenvalue weighted by molar-refractivity contribution is 4.97. The fraction of sp³-hybridized carbons (Fsp3) is 1.00. The molecule has 1 rings (SSSR count). The molecule has 0 aromatic heterocycles. The maximum absolute atomic E-state index is 3.44. The van der Waals surface area contributed by atoms with Gasteiger partial charge < -0.3 is 5.32 Å². The number of nitrogens with one attached hydrogen (secondary N) is 1. The minimum atomic E-state index is 0.661. The largest absolute Gasteiger partial charge is 0.313 e. The second-order valence-electron chi connectivity index (χ2n) is 3.57. The van der Waals surface area contributed by atoms with Crippen molar-refractivity contribution in [2.24, 2.45) is 5.41 Å². The summed E-state index contributed by atoms with van der Waals surface area (Å²) >= 11 is 0. The smallest absolute Gasteiger partial charge is 0.0107 e. The van der Waals surface area contributed by atoms with Crippen molar-refractivity contribution in [1.82, 2.24) is 5.32 Å². The Morgan fingerprint density at radius 2 is 1.64 bits per heavy atom. The van der Waals surface area contributed by atoms with Gasteiger partial charge in [-0.2, -0.15) is 0 Å². The maximum atomic E-state index is 3.44. The molecule has 0 saturated carbocycles. The van der Waals surface area contributed by atoms with Gasteiger partial charge in [-0.25, -0.2) is 0 Å². The Labute approximate surface area is 91.7 Å². The standard InChI is InChI=1S/C9H19N.2C2H6/c1-4-6-9(5-2)7-10-8(9)3;2*1-2/h8,10H,4-7H2,1-3H3;2*1-2H3. The van der Waals surface area contributed by atoms with E-state index in [1.807, 2.05) is 27.7 Å². The van der Waals surface area contributed by atoms with Crippen LogP contribution in [0.5, 0.6) is 0 Å². The molecule has 1 nitrogen and oxygen atoms in total. The lowest BCUT2D eigenvalue weighted by Crippen LogP contribution is -2.60. The van der Waals surface area contributed by atoms with Gasteiger partial charge in [0.05, 0.1) is 0 Å². The van der Waals surface area contributed by atoms with Gasteiger partial charge in [0.25, 0.3) is 0 Å². The molecule has 0 bridgehead atoms. The second kappa shape index (κ2) is 9.51. The first-order chi connectivity index (χ1) is 6.75. The number of rotatable bonds is 3. The average Bonchev–Trinajstić information content (AvgIpc) is 2.29. The molecule has 1 aliphatic rings. The zero-order valence-electron chi connectivity index (χ0n) is 11.4. The molecule has 1 heterocycles. The van der Waals surface area contributed by atoms with Crippen molar-refractivity contribution in [3.8, 4) is 0 Å². The summed E-state index contributed by atoms with van der Waals surface area (Å²) in [5.41, 5.74) is 0.661. The lowest BCUT2D eigenvalue weighted by Gasteiger charge is -2.49. The first-order valence-corrected chi connectivity index (χ1v) is 6.48. The molecule has 0 spiro atoms. The molecular formula is C13H31N. The van der Waals surface area contributed by atoms with Gasteiger partial charge in [-0.1, -0.05) is 48.0 Å². The summed E-state index contributed by atoms with van der Waals surface area (Å²) in [7, 11) is 0. The van der Waals surface area contributed by atoms with Gasteiger partial charge in [-0.05, 0) is 25.2 Å². The molecule has 0 amide bonds. The van der Waals surface area contributed by atoms with Crippen LogP contribution < -0.4 is 5.32 Å². The number of hydrogen-bond donors (Lipinski definition) is 1. The van der Waals surface area contributed by atoms with Crippen molar-refractivity contribution >= 4 is 0 Å². The summed E-state index contributed by atoms with van der Waals surface area (Å²) in [5, 5.41) is 3.44. The van der Waals surface area contributed by atoms with Gasteiger partial charge in [-0.3, -0.25) is 0 Å². The zero-order valence-corrected chi connectivity index (χ0v) is 11.4. The highest BCUT2D eigenvalue weighted by Gasteiger charge is 2.40. The van der Waals surface area contributed by atoms with Crippen LogP contribution in [0.25, 0.3) is 0 Å². The van der Waals surface area contributed by atoms with Crippen molar-refractivity contribution in [2.75, 3.05) is 6.54 Å². The van der Waals surface area contributed by atoms with Crippen LogP contribution in [0.4, 0.5) is 0 Å². The van der Waals surface area contributed by atoms with E-state index in [-0.39, 0.29) is 0 Å². The molecule has 2 unspecified atom stereocenters. The van der Waals surface area contributed by atoms with Crippen LogP contribution in [0.3, 0.4) is 0 Å². The monoisotopic (exact) mass is 201 g/mol. The van der Waals surface area contributed by atoms with Crippen molar-refractivity contribution in [2.45, 2.75) is 73.8 Å². The third kappa shape index (κ3) is 4.00. The predicted molar refractivity (Wildman–Crippen MR) is 67.8 cm³/mol. The molecule has 14 heavy (non-hydrogen) atoms. The summed E-state index contributed by atoms with van der Waals surface area (Å²) in [5.74, 6) is 0. The molecule has 0 aromatic rings. The third-order valence-corrected chi connectivity index (χ3v) is 3.13. The topological polar surface area (TPSA) is 12.0 Å². The van der Waals surface area contributed by atoms with E-state index in [0.717, 1.165) is 6.04 Å². The van der Waals surface area contributed by atoms with Crippen LogP contribution in [-0.4, -0.2) is 12.6 Å². The number of hydrogen-bond acceptors (Lipinski definition) is 1. The van der Waals surface area contributed by atoms with Crippen LogP contribution in [0, 0.1) is 5.41 Å². The minimum absolute atomic E-state index is 0.661. The predicted octanol–water partition coefficient (Wildman–Crippen LogP) is 4.23. The molecule has 1 N–H and O–H groups in total. The molecule has 0 aromatic carbocycles. The normalized spacial score (nSPS) is 28.9. The molecule has 1 fully saturated rings.